The van der Waals surface area contributed by atoms with E-state index >= 15 is 0 Å². The van der Waals surface area contributed by atoms with E-state index in [2.05, 4.69) is 23.2 Å². The van der Waals surface area contributed by atoms with Gasteiger partial charge in [-0.25, -0.2) is 0 Å². The Hall–Kier alpha value is -1.26. The molecule has 1 aromatic rings. The van der Waals surface area contributed by atoms with Gasteiger partial charge in [-0.1, -0.05) is 12.1 Å². The van der Waals surface area contributed by atoms with E-state index in [9.17, 15) is 0 Å². The highest BCUT2D eigenvalue weighted by molar-refractivity contribution is 5.47. The Labute approximate surface area is 121 Å². The van der Waals surface area contributed by atoms with E-state index in [0.29, 0.717) is 19.3 Å². The van der Waals surface area contributed by atoms with Gasteiger partial charge >= 0.3 is 0 Å². The van der Waals surface area contributed by atoms with Gasteiger partial charge in [0, 0.05) is 24.7 Å². The number of benzene rings is 1. The summed E-state index contributed by atoms with van der Waals surface area (Å²) in [5.74, 6) is 1.79. The number of nitrogens with zero attached hydrogens (tertiary/aromatic N) is 1. The van der Waals surface area contributed by atoms with Crippen LogP contribution in [0.3, 0.4) is 0 Å². The molecule has 0 aromatic heterocycles. The molecule has 2 aliphatic rings. The summed E-state index contributed by atoms with van der Waals surface area (Å²) in [6.07, 6.45) is 2.70. The van der Waals surface area contributed by atoms with Crippen LogP contribution in [-0.4, -0.2) is 43.8 Å². The Kier molecular flexibility index (Phi) is 4.43. The van der Waals surface area contributed by atoms with Gasteiger partial charge in [0.25, 0.3) is 0 Å². The highest BCUT2D eigenvalue weighted by Gasteiger charge is 2.18. The van der Waals surface area contributed by atoms with Crippen molar-refractivity contribution in [1.29, 1.82) is 0 Å². The molecular formula is C16H24N2O2. The molecule has 1 N–H and O–H groups in total. The predicted molar refractivity (Wildman–Crippen MR) is 79.4 cm³/mol. The number of para-hydroxylation sites is 1. The van der Waals surface area contributed by atoms with Crippen LogP contribution < -0.4 is 14.8 Å². The molecule has 0 spiro atoms. The van der Waals surface area contributed by atoms with E-state index in [1.807, 2.05) is 12.1 Å². The van der Waals surface area contributed by atoms with Gasteiger partial charge in [0.1, 0.15) is 13.2 Å². The Morgan fingerprint density at radius 2 is 2.00 bits per heavy atom. The first-order chi connectivity index (χ1) is 9.84. The lowest BCUT2D eigenvalue weighted by molar-refractivity contribution is 0.169. The van der Waals surface area contributed by atoms with Crippen LogP contribution in [0.4, 0.5) is 0 Å². The maximum atomic E-state index is 5.74. The minimum atomic E-state index is 0.606. The van der Waals surface area contributed by atoms with E-state index < -0.39 is 0 Å². The van der Waals surface area contributed by atoms with Gasteiger partial charge in [-0.15, -0.1) is 0 Å². The first-order valence-electron chi connectivity index (χ1n) is 7.67. The fourth-order valence-corrected chi connectivity index (χ4v) is 3.00. The lowest BCUT2D eigenvalue weighted by atomic mass is 10.1. The summed E-state index contributed by atoms with van der Waals surface area (Å²) in [5, 5.41) is 3.55. The third-order valence-electron chi connectivity index (χ3n) is 4.17. The van der Waals surface area contributed by atoms with Crippen LogP contribution in [0.2, 0.25) is 0 Å². The van der Waals surface area contributed by atoms with Crippen LogP contribution in [0.5, 0.6) is 11.5 Å². The highest BCUT2D eigenvalue weighted by atomic mass is 16.6. The van der Waals surface area contributed by atoms with Gasteiger partial charge in [0.2, 0.25) is 0 Å². The summed E-state index contributed by atoms with van der Waals surface area (Å²) in [4.78, 5) is 2.56. The third kappa shape index (κ3) is 3.07. The van der Waals surface area contributed by atoms with Crippen LogP contribution in [-0.2, 0) is 6.54 Å². The normalized spacial score (nSPS) is 20.1. The second-order valence-corrected chi connectivity index (χ2v) is 5.66. The van der Waals surface area contributed by atoms with Crippen LogP contribution in [0.1, 0.15) is 25.3 Å². The molecule has 0 bridgehead atoms. The Morgan fingerprint density at radius 1 is 1.20 bits per heavy atom. The summed E-state index contributed by atoms with van der Waals surface area (Å²) in [7, 11) is 0. The molecule has 1 fully saturated rings. The lowest BCUT2D eigenvalue weighted by Gasteiger charge is -2.25. The fourth-order valence-electron chi connectivity index (χ4n) is 3.00. The summed E-state index contributed by atoms with van der Waals surface area (Å²) < 4.78 is 11.3. The monoisotopic (exact) mass is 276 g/mol. The van der Waals surface area contributed by atoms with Crippen molar-refractivity contribution >= 4 is 0 Å². The number of hydrogen-bond acceptors (Lipinski definition) is 4. The zero-order chi connectivity index (χ0) is 13.8. The smallest absolute Gasteiger partial charge is 0.165 e. The molecule has 20 heavy (non-hydrogen) atoms. The Bertz CT molecular complexity index is 444. The molecule has 0 radical (unpaired) electrons. The zero-order valence-electron chi connectivity index (χ0n) is 12.2. The summed E-state index contributed by atoms with van der Waals surface area (Å²) in [6, 6.07) is 6.73. The fraction of sp³-hybridized carbons (Fsp3) is 0.625. The average molecular weight is 276 g/mol. The van der Waals surface area contributed by atoms with E-state index in [0.717, 1.165) is 24.6 Å². The molecule has 4 heteroatoms. The number of nitrogens with one attached hydrogen (secondary N) is 1. The van der Waals surface area contributed by atoms with Crippen LogP contribution in [0, 0.1) is 0 Å². The molecule has 110 valence electrons. The third-order valence-corrected chi connectivity index (χ3v) is 4.17. The van der Waals surface area contributed by atoms with Crippen molar-refractivity contribution in [1.82, 2.24) is 10.2 Å². The molecule has 2 heterocycles. The molecule has 1 atom stereocenters. The number of hydrogen-bond donors (Lipinski definition) is 1. The van der Waals surface area contributed by atoms with Crippen molar-refractivity contribution in [3.05, 3.63) is 23.8 Å². The lowest BCUT2D eigenvalue weighted by Crippen LogP contribution is -2.38. The molecule has 0 aliphatic carbocycles. The van der Waals surface area contributed by atoms with Crippen molar-refractivity contribution in [3.63, 3.8) is 0 Å². The maximum Gasteiger partial charge on any atom is 0.165 e. The van der Waals surface area contributed by atoms with E-state index in [1.54, 1.807) is 0 Å². The predicted octanol–water partition coefficient (Wildman–Crippen LogP) is 2.03. The van der Waals surface area contributed by atoms with Crippen LogP contribution in [0.25, 0.3) is 0 Å². The Morgan fingerprint density at radius 3 is 2.85 bits per heavy atom. The van der Waals surface area contributed by atoms with Gasteiger partial charge in [-0.05, 0) is 38.9 Å². The Balaban J connectivity index is 1.53. The molecule has 4 nitrogen and oxygen atoms in total. The standard InChI is InChI=1S/C16H24N2O2/c1-13(18-7-2-3-8-18)11-17-12-14-5-4-6-15-16(14)20-10-9-19-15/h4-6,13,17H,2-3,7-12H2,1H3. The van der Waals surface area contributed by atoms with Crippen molar-refractivity contribution in [3.8, 4) is 11.5 Å². The second-order valence-electron chi connectivity index (χ2n) is 5.66. The zero-order valence-corrected chi connectivity index (χ0v) is 12.2. The molecule has 0 saturated carbocycles. The highest BCUT2D eigenvalue weighted by Crippen LogP contribution is 2.33. The molecule has 1 aromatic carbocycles. The molecule has 2 aliphatic heterocycles. The number of likely N-dealkylation sites (tertiary alicyclic amines) is 1. The van der Waals surface area contributed by atoms with Gasteiger partial charge < -0.3 is 14.8 Å². The number of fused-ring (bicyclic) bond motifs is 1. The summed E-state index contributed by atoms with van der Waals surface area (Å²) >= 11 is 0. The largest absolute Gasteiger partial charge is 0.486 e. The minimum absolute atomic E-state index is 0.606. The minimum Gasteiger partial charge on any atom is -0.486 e. The van der Waals surface area contributed by atoms with E-state index in [1.165, 1.54) is 31.5 Å². The topological polar surface area (TPSA) is 33.7 Å². The van der Waals surface area contributed by atoms with Gasteiger partial charge in [0.05, 0.1) is 0 Å². The summed E-state index contributed by atoms with van der Waals surface area (Å²) in [6.45, 7) is 7.96. The first-order valence-corrected chi connectivity index (χ1v) is 7.67. The molecule has 1 saturated heterocycles. The van der Waals surface area contributed by atoms with Crippen molar-refractivity contribution in [2.45, 2.75) is 32.4 Å². The van der Waals surface area contributed by atoms with Crippen LogP contribution >= 0.6 is 0 Å². The van der Waals surface area contributed by atoms with Crippen molar-refractivity contribution in [2.24, 2.45) is 0 Å². The van der Waals surface area contributed by atoms with E-state index in [-0.39, 0.29) is 0 Å². The second kappa shape index (κ2) is 6.46. The van der Waals surface area contributed by atoms with Crippen LogP contribution in [0.15, 0.2) is 18.2 Å². The quantitative estimate of drug-likeness (QED) is 0.892. The molecular weight excluding hydrogens is 252 g/mol. The number of rotatable bonds is 5. The first kappa shape index (κ1) is 13.7. The average Bonchev–Trinajstić information content (AvgIpc) is 3.02. The number of ether oxygens (including phenoxy) is 2. The van der Waals surface area contributed by atoms with Crippen molar-refractivity contribution < 1.29 is 9.47 Å². The molecule has 3 rings (SSSR count). The summed E-state index contributed by atoms with van der Waals surface area (Å²) in [5.41, 5.74) is 1.19. The SMILES string of the molecule is CC(CNCc1cccc2c1OCCO2)N1CCCC1. The van der Waals surface area contributed by atoms with Gasteiger partial charge in [-0.3, -0.25) is 4.90 Å². The molecule has 1 unspecified atom stereocenters. The van der Waals surface area contributed by atoms with Gasteiger partial charge in [-0.2, -0.15) is 0 Å². The van der Waals surface area contributed by atoms with E-state index in [4.69, 9.17) is 9.47 Å². The van der Waals surface area contributed by atoms with Crippen molar-refractivity contribution in [2.75, 3.05) is 32.8 Å². The maximum absolute atomic E-state index is 5.74. The molecule has 0 amide bonds. The van der Waals surface area contributed by atoms with Gasteiger partial charge in [0.15, 0.2) is 11.5 Å².